The second kappa shape index (κ2) is 5.77. The number of thiophene rings is 1. The highest BCUT2D eigenvalue weighted by atomic mass is 32.1. The molecule has 0 saturated heterocycles. The van der Waals surface area contributed by atoms with Crippen LogP contribution in [-0.2, 0) is 4.74 Å². The van der Waals surface area contributed by atoms with E-state index in [2.05, 4.69) is 4.98 Å². The van der Waals surface area contributed by atoms with Crippen molar-refractivity contribution in [3.63, 3.8) is 0 Å². The number of aromatic amines is 1. The molecule has 0 aliphatic rings. The first-order valence-electron chi connectivity index (χ1n) is 6.94. The smallest absolute Gasteiger partial charge is 0.349 e. The molecule has 5 heteroatoms. The number of H-pyrrole nitrogens is 1. The zero-order valence-electron chi connectivity index (χ0n) is 12.3. The molecule has 3 rings (SSSR count). The van der Waals surface area contributed by atoms with E-state index in [9.17, 15) is 9.59 Å². The van der Waals surface area contributed by atoms with Crippen LogP contribution in [0.2, 0.25) is 0 Å². The molecular weight excluding hydrogens is 298 g/mol. The Kier molecular flexibility index (Phi) is 3.81. The Morgan fingerprint density at radius 2 is 1.95 bits per heavy atom. The minimum atomic E-state index is -0.826. The standard InChI is InChI=1S/C17H15NO3S/c1-10-15(12-6-3-4-7-13(12)18-10)16(19)11(2)21-17(20)14-8-5-9-22-14/h3-9,11,18H,1-2H3/t11-/m1/s1. The zero-order valence-corrected chi connectivity index (χ0v) is 13.1. The first kappa shape index (κ1) is 14.5. The average Bonchev–Trinajstić information content (AvgIpc) is 3.13. The van der Waals surface area contributed by atoms with Gasteiger partial charge in [0.2, 0.25) is 5.78 Å². The summed E-state index contributed by atoms with van der Waals surface area (Å²) in [5.41, 5.74) is 2.27. The average molecular weight is 313 g/mol. The molecule has 0 saturated carbocycles. The van der Waals surface area contributed by atoms with Crippen LogP contribution in [-0.4, -0.2) is 22.8 Å². The van der Waals surface area contributed by atoms with Gasteiger partial charge in [-0.25, -0.2) is 4.79 Å². The van der Waals surface area contributed by atoms with E-state index in [0.717, 1.165) is 16.6 Å². The normalized spacial score (nSPS) is 12.3. The zero-order chi connectivity index (χ0) is 15.7. The molecule has 0 radical (unpaired) electrons. The summed E-state index contributed by atoms with van der Waals surface area (Å²) in [5, 5.41) is 2.65. The lowest BCUT2D eigenvalue weighted by atomic mass is 10.0. The molecule has 2 heterocycles. The number of ether oxygens (including phenoxy) is 1. The van der Waals surface area contributed by atoms with Gasteiger partial charge in [-0.3, -0.25) is 4.79 Å². The van der Waals surface area contributed by atoms with Crippen molar-refractivity contribution in [2.45, 2.75) is 20.0 Å². The molecule has 1 aromatic carbocycles. The van der Waals surface area contributed by atoms with E-state index in [1.54, 1.807) is 24.4 Å². The van der Waals surface area contributed by atoms with E-state index in [-0.39, 0.29) is 5.78 Å². The third-order valence-corrected chi connectivity index (χ3v) is 4.37. The van der Waals surface area contributed by atoms with E-state index >= 15 is 0 Å². The monoisotopic (exact) mass is 313 g/mol. The summed E-state index contributed by atoms with van der Waals surface area (Å²) >= 11 is 1.30. The first-order valence-corrected chi connectivity index (χ1v) is 7.82. The van der Waals surface area contributed by atoms with Gasteiger partial charge in [-0.15, -0.1) is 11.3 Å². The fraction of sp³-hybridized carbons (Fsp3) is 0.176. The van der Waals surface area contributed by atoms with E-state index in [1.807, 2.05) is 31.2 Å². The van der Waals surface area contributed by atoms with Crippen LogP contribution in [0, 0.1) is 6.92 Å². The predicted octanol–water partition coefficient (Wildman–Crippen LogP) is 3.97. The number of hydrogen-bond acceptors (Lipinski definition) is 4. The minimum absolute atomic E-state index is 0.195. The SMILES string of the molecule is Cc1[nH]c2ccccc2c1C(=O)[C@@H](C)OC(=O)c1cccs1. The summed E-state index contributed by atoms with van der Waals surface area (Å²) in [4.78, 5) is 28.3. The molecule has 1 N–H and O–H groups in total. The van der Waals surface area contributed by atoms with E-state index in [0.29, 0.717) is 10.4 Å². The molecule has 0 aliphatic carbocycles. The van der Waals surface area contributed by atoms with E-state index in [4.69, 9.17) is 4.74 Å². The number of aromatic nitrogens is 1. The molecule has 3 aromatic rings. The number of esters is 1. The van der Waals surface area contributed by atoms with Gasteiger partial charge in [-0.2, -0.15) is 0 Å². The van der Waals surface area contributed by atoms with Crippen molar-refractivity contribution in [1.82, 2.24) is 4.98 Å². The number of fused-ring (bicyclic) bond motifs is 1. The number of nitrogens with one attached hydrogen (secondary N) is 1. The largest absolute Gasteiger partial charge is 0.450 e. The Balaban J connectivity index is 1.86. The Hall–Kier alpha value is -2.40. The highest BCUT2D eigenvalue weighted by Crippen LogP contribution is 2.24. The molecule has 0 unspecified atom stereocenters. The Bertz CT molecular complexity index is 833. The molecule has 2 aromatic heterocycles. The number of ketones is 1. The van der Waals surface area contributed by atoms with Gasteiger partial charge in [0.15, 0.2) is 6.10 Å². The van der Waals surface area contributed by atoms with Crippen LogP contribution in [0.5, 0.6) is 0 Å². The fourth-order valence-electron chi connectivity index (χ4n) is 2.46. The van der Waals surface area contributed by atoms with E-state index < -0.39 is 12.1 Å². The summed E-state index contributed by atoms with van der Waals surface area (Å²) in [7, 11) is 0. The van der Waals surface area contributed by atoms with Crippen LogP contribution in [0.1, 0.15) is 32.6 Å². The maximum atomic E-state index is 12.7. The Labute approximate surface area is 131 Å². The van der Waals surface area contributed by atoms with Gasteiger partial charge in [-0.1, -0.05) is 24.3 Å². The van der Waals surface area contributed by atoms with Crippen molar-refractivity contribution in [3.05, 3.63) is 57.9 Å². The summed E-state index contributed by atoms with van der Waals surface area (Å²) in [5.74, 6) is -0.659. The van der Waals surface area contributed by atoms with Gasteiger partial charge in [-0.05, 0) is 31.4 Å². The lowest BCUT2D eigenvalue weighted by molar-refractivity contribution is 0.0324. The van der Waals surface area contributed by atoms with Crippen LogP contribution in [0.25, 0.3) is 10.9 Å². The molecule has 0 spiro atoms. The summed E-state index contributed by atoms with van der Waals surface area (Å²) in [6, 6.07) is 11.1. The van der Waals surface area contributed by atoms with Crippen LogP contribution in [0.15, 0.2) is 41.8 Å². The van der Waals surface area contributed by atoms with Gasteiger partial charge in [0.05, 0.1) is 0 Å². The minimum Gasteiger partial charge on any atom is -0.450 e. The van der Waals surface area contributed by atoms with Gasteiger partial charge in [0.25, 0.3) is 0 Å². The van der Waals surface area contributed by atoms with Gasteiger partial charge >= 0.3 is 5.97 Å². The van der Waals surface area contributed by atoms with Crippen molar-refractivity contribution >= 4 is 34.0 Å². The molecule has 0 amide bonds. The summed E-state index contributed by atoms with van der Waals surface area (Å²) in [6.45, 7) is 3.45. The van der Waals surface area contributed by atoms with Gasteiger partial charge in [0.1, 0.15) is 4.88 Å². The summed E-state index contributed by atoms with van der Waals surface area (Å²) < 4.78 is 5.29. The van der Waals surface area contributed by atoms with Crippen molar-refractivity contribution in [2.75, 3.05) is 0 Å². The van der Waals surface area contributed by atoms with Crippen LogP contribution in [0.3, 0.4) is 0 Å². The number of hydrogen-bond donors (Lipinski definition) is 1. The lowest BCUT2D eigenvalue weighted by Gasteiger charge is -2.11. The number of para-hydroxylation sites is 1. The predicted molar refractivity (Wildman–Crippen MR) is 86.6 cm³/mol. The number of carbonyl (C=O) groups is 2. The number of Topliss-reactive ketones (excluding diaryl/α,β-unsaturated/α-hetero) is 1. The van der Waals surface area contributed by atoms with Crippen LogP contribution < -0.4 is 0 Å². The number of carbonyl (C=O) groups excluding carboxylic acids is 2. The number of aryl methyl sites for hydroxylation is 1. The molecule has 0 fully saturated rings. The van der Waals surface area contributed by atoms with Gasteiger partial charge < -0.3 is 9.72 Å². The summed E-state index contributed by atoms with van der Waals surface area (Å²) in [6.07, 6.45) is -0.826. The second-order valence-corrected chi connectivity index (χ2v) is 6.01. The van der Waals surface area contributed by atoms with Crippen molar-refractivity contribution in [1.29, 1.82) is 0 Å². The van der Waals surface area contributed by atoms with Gasteiger partial charge in [0, 0.05) is 22.2 Å². The maximum absolute atomic E-state index is 12.7. The van der Waals surface area contributed by atoms with Crippen LogP contribution >= 0.6 is 11.3 Å². The number of rotatable bonds is 4. The molecule has 4 nitrogen and oxygen atoms in total. The Morgan fingerprint density at radius 1 is 1.18 bits per heavy atom. The lowest BCUT2D eigenvalue weighted by Crippen LogP contribution is -2.24. The van der Waals surface area contributed by atoms with Crippen molar-refractivity contribution in [3.8, 4) is 0 Å². The molecule has 112 valence electrons. The topological polar surface area (TPSA) is 59.2 Å². The highest BCUT2D eigenvalue weighted by molar-refractivity contribution is 7.11. The first-order chi connectivity index (χ1) is 10.6. The third-order valence-electron chi connectivity index (χ3n) is 3.52. The van der Waals surface area contributed by atoms with Crippen LogP contribution in [0.4, 0.5) is 0 Å². The highest BCUT2D eigenvalue weighted by Gasteiger charge is 2.25. The second-order valence-electron chi connectivity index (χ2n) is 5.06. The molecule has 0 bridgehead atoms. The van der Waals surface area contributed by atoms with Crippen molar-refractivity contribution in [2.24, 2.45) is 0 Å². The maximum Gasteiger partial charge on any atom is 0.349 e. The molecule has 0 aliphatic heterocycles. The van der Waals surface area contributed by atoms with E-state index in [1.165, 1.54) is 11.3 Å². The fourth-order valence-corrected chi connectivity index (χ4v) is 3.07. The quantitative estimate of drug-likeness (QED) is 0.586. The van der Waals surface area contributed by atoms with Crippen molar-refractivity contribution < 1.29 is 14.3 Å². The molecular formula is C17H15NO3S. The molecule has 22 heavy (non-hydrogen) atoms. The Morgan fingerprint density at radius 3 is 2.68 bits per heavy atom. The third kappa shape index (κ3) is 2.55. The molecule has 1 atom stereocenters. The number of benzene rings is 1.